The van der Waals surface area contributed by atoms with Crippen molar-refractivity contribution < 1.29 is 4.79 Å². The highest BCUT2D eigenvalue weighted by Crippen LogP contribution is 2.30. The van der Waals surface area contributed by atoms with Crippen LogP contribution in [0.15, 0.2) is 12.3 Å². The van der Waals surface area contributed by atoms with Gasteiger partial charge in [0.05, 0.1) is 24.0 Å². The van der Waals surface area contributed by atoms with Gasteiger partial charge in [-0.15, -0.1) is 6.42 Å². The quantitative estimate of drug-likeness (QED) is 0.666. The third-order valence-corrected chi connectivity index (χ3v) is 3.08. The molecule has 0 aliphatic heterocycles. The zero-order valence-corrected chi connectivity index (χ0v) is 10.7. The van der Waals surface area contributed by atoms with Crippen LogP contribution in [-0.2, 0) is 0 Å². The largest absolute Gasteiger partial charge is 0.397 e. The van der Waals surface area contributed by atoms with Crippen LogP contribution in [0.1, 0.15) is 23.2 Å². The summed E-state index contributed by atoms with van der Waals surface area (Å²) in [5.41, 5.74) is 6.44. The lowest BCUT2D eigenvalue weighted by atomic mass is 10.2. The summed E-state index contributed by atoms with van der Waals surface area (Å²) >= 11 is 5.78. The van der Waals surface area contributed by atoms with Crippen LogP contribution in [0.25, 0.3) is 0 Å². The second-order valence-electron chi connectivity index (χ2n) is 4.43. The maximum absolute atomic E-state index is 12.3. The monoisotopic (exact) mass is 263 g/mol. The number of pyridine rings is 1. The number of terminal acetylenes is 1. The summed E-state index contributed by atoms with van der Waals surface area (Å²) in [5, 5.41) is 0.250. The molecule has 0 unspecified atom stereocenters. The second kappa shape index (κ2) is 5.28. The highest BCUT2D eigenvalue weighted by atomic mass is 35.5. The van der Waals surface area contributed by atoms with Gasteiger partial charge >= 0.3 is 0 Å². The lowest BCUT2D eigenvalue weighted by Crippen LogP contribution is -2.33. The van der Waals surface area contributed by atoms with Crippen molar-refractivity contribution >= 4 is 23.2 Å². The smallest absolute Gasteiger partial charge is 0.256 e. The van der Waals surface area contributed by atoms with Gasteiger partial charge in [-0.05, 0) is 24.8 Å². The molecule has 2 rings (SSSR count). The molecule has 1 aromatic heterocycles. The van der Waals surface area contributed by atoms with Crippen LogP contribution in [0.3, 0.4) is 0 Å². The Kier molecular flexibility index (Phi) is 3.73. The number of hydrogen-bond donors (Lipinski definition) is 1. The van der Waals surface area contributed by atoms with E-state index in [1.165, 1.54) is 12.3 Å². The summed E-state index contributed by atoms with van der Waals surface area (Å²) < 4.78 is 0. The van der Waals surface area contributed by atoms with Crippen molar-refractivity contribution in [3.05, 3.63) is 23.0 Å². The first-order chi connectivity index (χ1) is 8.61. The van der Waals surface area contributed by atoms with Crippen molar-refractivity contribution in [3.8, 4) is 12.3 Å². The lowest BCUT2D eigenvalue weighted by molar-refractivity contribution is 0.0770. The summed E-state index contributed by atoms with van der Waals surface area (Å²) in [5.74, 6) is 2.89. The normalized spacial score (nSPS) is 14.0. The minimum Gasteiger partial charge on any atom is -0.397 e. The molecule has 1 aliphatic carbocycles. The SMILES string of the molecule is C#CCN(CC1CC1)C(=O)c1cc(Cl)ncc1N. The van der Waals surface area contributed by atoms with Gasteiger partial charge in [0, 0.05) is 6.54 Å². The van der Waals surface area contributed by atoms with E-state index < -0.39 is 0 Å². The molecule has 0 saturated heterocycles. The van der Waals surface area contributed by atoms with E-state index in [4.69, 9.17) is 23.8 Å². The topological polar surface area (TPSA) is 59.2 Å². The van der Waals surface area contributed by atoms with Crippen molar-refractivity contribution in [1.29, 1.82) is 0 Å². The summed E-state index contributed by atoms with van der Waals surface area (Å²) in [4.78, 5) is 17.8. The number of carbonyl (C=O) groups is 1. The van der Waals surface area contributed by atoms with Crippen LogP contribution < -0.4 is 5.73 Å². The number of anilines is 1. The number of nitrogens with zero attached hydrogens (tertiary/aromatic N) is 2. The van der Waals surface area contributed by atoms with Gasteiger partial charge in [0.1, 0.15) is 5.15 Å². The van der Waals surface area contributed by atoms with E-state index in [9.17, 15) is 4.79 Å². The fourth-order valence-electron chi connectivity index (χ4n) is 1.74. The number of carbonyl (C=O) groups excluding carboxylic acids is 1. The molecule has 2 N–H and O–H groups in total. The maximum atomic E-state index is 12.3. The van der Waals surface area contributed by atoms with Gasteiger partial charge in [0.25, 0.3) is 5.91 Å². The summed E-state index contributed by atoms with van der Waals surface area (Å²) in [7, 11) is 0. The number of rotatable bonds is 4. The molecule has 94 valence electrons. The van der Waals surface area contributed by atoms with Gasteiger partial charge in [-0.25, -0.2) is 4.98 Å². The number of halogens is 1. The average Bonchev–Trinajstić information content (AvgIpc) is 3.15. The van der Waals surface area contributed by atoms with Crippen molar-refractivity contribution in [1.82, 2.24) is 9.88 Å². The van der Waals surface area contributed by atoms with Crippen LogP contribution in [-0.4, -0.2) is 28.9 Å². The molecule has 0 atom stereocenters. The van der Waals surface area contributed by atoms with E-state index in [1.54, 1.807) is 4.90 Å². The number of hydrogen-bond acceptors (Lipinski definition) is 3. The van der Waals surface area contributed by atoms with Crippen molar-refractivity contribution in [2.24, 2.45) is 5.92 Å². The fourth-order valence-corrected chi connectivity index (χ4v) is 1.90. The van der Waals surface area contributed by atoms with Gasteiger partial charge in [-0.3, -0.25) is 4.79 Å². The predicted molar refractivity (Wildman–Crippen MR) is 71.1 cm³/mol. The summed E-state index contributed by atoms with van der Waals surface area (Å²) in [6.45, 7) is 0.969. The molecule has 0 bridgehead atoms. The Bertz CT molecular complexity index is 505. The molecule has 1 aliphatic rings. The molecular formula is C13H14ClN3O. The Balaban J connectivity index is 2.20. The standard InChI is InChI=1S/C13H14ClN3O/c1-2-5-17(8-9-3-4-9)13(18)10-6-12(14)16-7-11(10)15/h1,6-7,9H,3-5,8,15H2. The van der Waals surface area contributed by atoms with E-state index >= 15 is 0 Å². The maximum Gasteiger partial charge on any atom is 0.256 e. The molecule has 5 heteroatoms. The fraction of sp³-hybridized carbons (Fsp3) is 0.385. The molecule has 18 heavy (non-hydrogen) atoms. The molecule has 1 amide bonds. The van der Waals surface area contributed by atoms with Gasteiger partial charge in [-0.1, -0.05) is 17.5 Å². The molecule has 1 saturated carbocycles. The second-order valence-corrected chi connectivity index (χ2v) is 4.81. The van der Waals surface area contributed by atoms with Gasteiger partial charge < -0.3 is 10.6 Å². The highest BCUT2D eigenvalue weighted by molar-refractivity contribution is 6.29. The Morgan fingerprint density at radius 3 is 3.00 bits per heavy atom. The predicted octanol–water partition coefficient (Wildman–Crippen LogP) is 1.80. The van der Waals surface area contributed by atoms with E-state index in [0.29, 0.717) is 23.7 Å². The lowest BCUT2D eigenvalue weighted by Gasteiger charge is -2.20. The molecule has 4 nitrogen and oxygen atoms in total. The van der Waals surface area contributed by atoms with Crippen LogP contribution in [0.4, 0.5) is 5.69 Å². The minimum atomic E-state index is -0.179. The van der Waals surface area contributed by atoms with Crippen LogP contribution in [0.2, 0.25) is 5.15 Å². The van der Waals surface area contributed by atoms with Crippen LogP contribution >= 0.6 is 11.6 Å². The number of nitrogens with two attached hydrogens (primary N) is 1. The molecule has 1 fully saturated rings. The van der Waals surface area contributed by atoms with E-state index in [-0.39, 0.29) is 17.6 Å². The zero-order chi connectivity index (χ0) is 13.1. The molecule has 0 aromatic carbocycles. The van der Waals surface area contributed by atoms with E-state index in [2.05, 4.69) is 10.9 Å². The van der Waals surface area contributed by atoms with Gasteiger partial charge in [-0.2, -0.15) is 0 Å². The van der Waals surface area contributed by atoms with E-state index in [0.717, 1.165) is 12.8 Å². The Hall–Kier alpha value is -1.73. The van der Waals surface area contributed by atoms with Crippen molar-refractivity contribution in [2.75, 3.05) is 18.8 Å². The third kappa shape index (κ3) is 2.93. The van der Waals surface area contributed by atoms with E-state index in [1.807, 2.05) is 0 Å². The number of amides is 1. The van der Waals surface area contributed by atoms with Crippen molar-refractivity contribution in [3.63, 3.8) is 0 Å². The zero-order valence-electron chi connectivity index (χ0n) is 9.90. The molecule has 0 spiro atoms. The first kappa shape index (κ1) is 12.7. The molecule has 0 radical (unpaired) electrons. The van der Waals surface area contributed by atoms with Gasteiger partial charge in [0.15, 0.2) is 0 Å². The number of aromatic nitrogens is 1. The Labute approximate surface area is 111 Å². The highest BCUT2D eigenvalue weighted by Gasteiger charge is 2.27. The Morgan fingerprint density at radius 2 is 2.39 bits per heavy atom. The van der Waals surface area contributed by atoms with Gasteiger partial charge in [0.2, 0.25) is 0 Å². The Morgan fingerprint density at radius 1 is 1.67 bits per heavy atom. The minimum absolute atomic E-state index is 0.179. The summed E-state index contributed by atoms with van der Waals surface area (Å²) in [6.07, 6.45) is 8.99. The summed E-state index contributed by atoms with van der Waals surface area (Å²) in [6, 6.07) is 1.48. The third-order valence-electron chi connectivity index (χ3n) is 2.88. The molecule has 1 aromatic rings. The first-order valence-corrected chi connectivity index (χ1v) is 6.13. The van der Waals surface area contributed by atoms with Crippen LogP contribution in [0.5, 0.6) is 0 Å². The van der Waals surface area contributed by atoms with Crippen LogP contribution in [0, 0.1) is 18.3 Å². The first-order valence-electron chi connectivity index (χ1n) is 5.75. The van der Waals surface area contributed by atoms with Crippen molar-refractivity contribution in [2.45, 2.75) is 12.8 Å². The molecular weight excluding hydrogens is 250 g/mol. The number of nitrogen functional groups attached to an aromatic ring is 1. The average molecular weight is 264 g/mol. The molecule has 1 heterocycles.